The number of fused-ring (bicyclic) bond motifs is 1. The van der Waals surface area contributed by atoms with E-state index in [0.717, 1.165) is 57.8 Å². The summed E-state index contributed by atoms with van der Waals surface area (Å²) in [5.74, 6) is 0.214. The lowest BCUT2D eigenvalue weighted by Gasteiger charge is -2.10. The minimum absolute atomic E-state index is 0.0529. The van der Waals surface area contributed by atoms with Crippen LogP contribution in [-0.4, -0.2) is 33.7 Å². The molecule has 0 amide bonds. The van der Waals surface area contributed by atoms with Crippen LogP contribution in [0.3, 0.4) is 0 Å². The molecule has 0 unspecified atom stereocenters. The average molecular weight is 612 g/mol. The Morgan fingerprint density at radius 1 is 0.930 bits per heavy atom. The number of carbonyl (C=O) groups is 1. The van der Waals surface area contributed by atoms with Gasteiger partial charge in [0, 0.05) is 42.6 Å². The zero-order valence-corrected chi connectivity index (χ0v) is 26.0. The van der Waals surface area contributed by atoms with Crippen LogP contribution < -0.4 is 10.1 Å². The van der Waals surface area contributed by atoms with Gasteiger partial charge in [0.15, 0.2) is 11.6 Å². The van der Waals surface area contributed by atoms with E-state index in [2.05, 4.69) is 28.3 Å². The lowest BCUT2D eigenvalue weighted by molar-refractivity contribution is -0.117. The molecule has 0 saturated heterocycles. The smallest absolute Gasteiger partial charge is 0.166 e. The molecule has 2 aromatic carbocycles. The van der Waals surface area contributed by atoms with Crippen LogP contribution in [0.4, 0.5) is 4.39 Å². The first-order valence-corrected chi connectivity index (χ1v) is 15.7. The number of hydrogen-bond donors (Lipinski definition) is 1. The van der Waals surface area contributed by atoms with E-state index in [1.807, 2.05) is 49.5 Å². The Hall–Kier alpha value is -3.85. The van der Waals surface area contributed by atoms with Gasteiger partial charge in [-0.25, -0.2) is 4.39 Å². The van der Waals surface area contributed by atoms with Crippen LogP contribution >= 0.6 is 23.6 Å². The fourth-order valence-corrected chi connectivity index (χ4v) is 6.11. The van der Waals surface area contributed by atoms with Crippen molar-refractivity contribution in [2.45, 2.75) is 46.0 Å². The summed E-state index contributed by atoms with van der Waals surface area (Å²) < 4.78 is 22.0. The summed E-state index contributed by atoms with van der Waals surface area (Å²) in [7, 11) is 0. The standard InChI is InChI=1S/C35H34FN3O2S2/c1-3-14-37-15-12-25-8-10-30(39-22-25)34-21-31-35(43-34)33(13-16-38-31)41-32-11-9-26(19-29(32)36)18-28(42)20-27(40)17-24-6-4-23(2)5-7-24/h4-11,13,16,19,21-22,37H,3,12,14-15,17-18,20H2,1-2H3. The number of benzene rings is 2. The molecule has 0 atom stereocenters. The number of ether oxygens (including phenoxy) is 1. The number of pyridine rings is 2. The number of aryl methyl sites for hydroxylation is 1. The number of hydrogen-bond acceptors (Lipinski definition) is 7. The average Bonchev–Trinajstić information content (AvgIpc) is 3.44. The second-order valence-corrected chi connectivity index (χ2v) is 12.3. The monoisotopic (exact) mass is 611 g/mol. The van der Waals surface area contributed by atoms with E-state index in [1.165, 1.54) is 23.0 Å². The lowest BCUT2D eigenvalue weighted by atomic mass is 10.0. The van der Waals surface area contributed by atoms with Crippen molar-refractivity contribution in [3.63, 3.8) is 0 Å². The Morgan fingerprint density at radius 3 is 2.47 bits per heavy atom. The molecular weight excluding hydrogens is 578 g/mol. The molecule has 5 rings (SSSR count). The van der Waals surface area contributed by atoms with Gasteiger partial charge in [0.2, 0.25) is 0 Å². The molecule has 43 heavy (non-hydrogen) atoms. The van der Waals surface area contributed by atoms with Gasteiger partial charge in [0.1, 0.15) is 11.5 Å². The Bertz CT molecular complexity index is 1720. The zero-order valence-electron chi connectivity index (χ0n) is 24.4. The van der Waals surface area contributed by atoms with Gasteiger partial charge in [0.05, 0.1) is 20.8 Å². The largest absolute Gasteiger partial charge is 0.453 e. The van der Waals surface area contributed by atoms with Crippen molar-refractivity contribution in [2.24, 2.45) is 0 Å². The molecule has 5 nitrogen and oxygen atoms in total. The second-order valence-electron chi connectivity index (χ2n) is 10.6. The van der Waals surface area contributed by atoms with Crippen LogP contribution in [0.2, 0.25) is 0 Å². The van der Waals surface area contributed by atoms with E-state index >= 15 is 4.39 Å². The summed E-state index contributed by atoms with van der Waals surface area (Å²) in [6.45, 7) is 6.12. The molecular formula is C35H34FN3O2S2. The number of nitrogens with zero attached hydrogens (tertiary/aromatic N) is 2. The van der Waals surface area contributed by atoms with Crippen LogP contribution in [0.5, 0.6) is 11.5 Å². The van der Waals surface area contributed by atoms with Gasteiger partial charge in [-0.2, -0.15) is 0 Å². The third-order valence-electron chi connectivity index (χ3n) is 7.00. The van der Waals surface area contributed by atoms with Gasteiger partial charge in [-0.15, -0.1) is 11.3 Å². The highest BCUT2D eigenvalue weighted by Crippen LogP contribution is 2.39. The minimum Gasteiger partial charge on any atom is -0.453 e. The van der Waals surface area contributed by atoms with E-state index in [-0.39, 0.29) is 18.0 Å². The number of rotatable bonds is 14. The minimum atomic E-state index is -0.487. The molecule has 0 radical (unpaired) electrons. The highest BCUT2D eigenvalue weighted by molar-refractivity contribution is 7.80. The number of thiocarbonyl (C=S) groups is 1. The summed E-state index contributed by atoms with van der Waals surface area (Å²) in [4.78, 5) is 23.2. The second kappa shape index (κ2) is 14.6. The first-order chi connectivity index (χ1) is 20.9. The molecule has 0 aliphatic rings. The van der Waals surface area contributed by atoms with Crippen molar-refractivity contribution >= 4 is 44.4 Å². The number of ketones is 1. The maximum absolute atomic E-state index is 15.1. The molecule has 0 aliphatic carbocycles. The zero-order chi connectivity index (χ0) is 30.2. The van der Waals surface area contributed by atoms with Crippen molar-refractivity contribution in [3.05, 3.63) is 107 Å². The van der Waals surface area contributed by atoms with Gasteiger partial charge < -0.3 is 10.1 Å². The number of Topliss-reactive ketones (excluding diaryl/α,β-unsaturated/α-hetero) is 1. The third-order valence-corrected chi connectivity index (χ3v) is 8.45. The Balaban J connectivity index is 1.22. The highest BCUT2D eigenvalue weighted by Gasteiger charge is 2.15. The Labute approximate surface area is 261 Å². The molecule has 0 spiro atoms. The maximum atomic E-state index is 15.1. The predicted octanol–water partition coefficient (Wildman–Crippen LogP) is 8.25. The van der Waals surface area contributed by atoms with E-state index in [9.17, 15) is 4.79 Å². The molecule has 0 saturated carbocycles. The molecule has 3 aromatic heterocycles. The van der Waals surface area contributed by atoms with Crippen LogP contribution in [0, 0.1) is 12.7 Å². The molecule has 1 N–H and O–H groups in total. The number of halogens is 1. The summed E-state index contributed by atoms with van der Waals surface area (Å²) in [6, 6.07) is 20.6. The van der Waals surface area contributed by atoms with Crippen LogP contribution in [0.25, 0.3) is 20.8 Å². The first kappa shape index (κ1) is 30.6. The van der Waals surface area contributed by atoms with Crippen LogP contribution in [0.1, 0.15) is 42.0 Å². The maximum Gasteiger partial charge on any atom is 0.166 e. The molecule has 0 bridgehead atoms. The fraction of sp³-hybridized carbons (Fsp3) is 0.257. The number of nitrogens with one attached hydrogen (secondary N) is 1. The van der Waals surface area contributed by atoms with E-state index < -0.39 is 5.82 Å². The van der Waals surface area contributed by atoms with Crippen molar-refractivity contribution in [1.82, 2.24) is 15.3 Å². The molecule has 220 valence electrons. The summed E-state index contributed by atoms with van der Waals surface area (Å²) in [5.41, 5.74) is 5.64. The molecule has 0 aliphatic heterocycles. The summed E-state index contributed by atoms with van der Waals surface area (Å²) >= 11 is 6.99. The predicted molar refractivity (Wildman–Crippen MR) is 177 cm³/mol. The number of aromatic nitrogens is 2. The molecule has 5 aromatic rings. The van der Waals surface area contributed by atoms with E-state index in [0.29, 0.717) is 29.0 Å². The normalized spacial score (nSPS) is 11.1. The van der Waals surface area contributed by atoms with Crippen LogP contribution in [-0.2, 0) is 24.1 Å². The lowest BCUT2D eigenvalue weighted by Crippen LogP contribution is -2.17. The highest BCUT2D eigenvalue weighted by atomic mass is 32.1. The van der Waals surface area contributed by atoms with E-state index in [1.54, 1.807) is 24.4 Å². The van der Waals surface area contributed by atoms with Crippen molar-refractivity contribution in [2.75, 3.05) is 13.1 Å². The SMILES string of the molecule is CCCNCCc1ccc(-c2cc3nccc(Oc4ccc(CC(=S)CC(=O)Cc5ccc(C)cc5)cc4F)c3s2)nc1. The third kappa shape index (κ3) is 8.38. The van der Waals surface area contributed by atoms with Crippen molar-refractivity contribution < 1.29 is 13.9 Å². The fourth-order valence-electron chi connectivity index (χ4n) is 4.74. The van der Waals surface area contributed by atoms with Crippen LogP contribution in [0.15, 0.2) is 79.1 Å². The quantitative estimate of drug-likeness (QED) is 0.101. The molecule has 0 fully saturated rings. The molecule has 8 heteroatoms. The summed E-state index contributed by atoms with van der Waals surface area (Å²) in [5, 5.41) is 3.41. The van der Waals surface area contributed by atoms with Gasteiger partial charge in [-0.05, 0) is 73.8 Å². The van der Waals surface area contributed by atoms with Gasteiger partial charge >= 0.3 is 0 Å². The van der Waals surface area contributed by atoms with Gasteiger partial charge in [-0.1, -0.05) is 61.1 Å². The molecule has 3 heterocycles. The topological polar surface area (TPSA) is 64.1 Å². The Morgan fingerprint density at radius 2 is 1.72 bits per heavy atom. The number of thiophene rings is 1. The van der Waals surface area contributed by atoms with E-state index in [4.69, 9.17) is 17.0 Å². The van der Waals surface area contributed by atoms with Gasteiger partial charge in [0.25, 0.3) is 0 Å². The summed E-state index contributed by atoms with van der Waals surface area (Å²) in [6.07, 6.45) is 6.50. The number of carbonyl (C=O) groups excluding carboxylic acids is 1. The first-order valence-electron chi connectivity index (χ1n) is 14.5. The Kier molecular flexibility index (Phi) is 10.4. The van der Waals surface area contributed by atoms with Gasteiger partial charge in [-0.3, -0.25) is 14.8 Å². The van der Waals surface area contributed by atoms with Crippen molar-refractivity contribution in [1.29, 1.82) is 0 Å². The van der Waals surface area contributed by atoms with Crippen molar-refractivity contribution in [3.8, 4) is 22.1 Å².